The Kier molecular flexibility index (Phi) is 3.06. The van der Waals surface area contributed by atoms with Crippen LogP contribution in [0.4, 0.5) is 10.1 Å². The number of nitrogens with one attached hydrogen (secondary N) is 1. The van der Waals surface area contributed by atoms with E-state index in [4.69, 9.17) is 10.5 Å². The van der Waals surface area contributed by atoms with E-state index in [1.165, 1.54) is 24.5 Å². The Labute approximate surface area is 119 Å². The number of fused-ring (bicyclic) bond motifs is 1. The largest absolute Gasteiger partial charge is 0.452 e. The second kappa shape index (κ2) is 4.90. The molecular weight excluding hydrogens is 273 g/mol. The molecule has 21 heavy (non-hydrogen) atoms. The molecule has 0 atom stereocenters. The number of hydrogen-bond acceptors (Lipinski definition) is 4. The maximum Gasteiger partial charge on any atom is 0.258 e. The molecule has 3 rings (SSSR count). The lowest BCUT2D eigenvalue weighted by Crippen LogP contribution is -2.07. The van der Waals surface area contributed by atoms with Gasteiger partial charge in [-0.3, -0.25) is 4.79 Å². The molecule has 0 spiro atoms. The van der Waals surface area contributed by atoms with Gasteiger partial charge in [0, 0.05) is 6.07 Å². The molecule has 5 nitrogen and oxygen atoms in total. The van der Waals surface area contributed by atoms with Crippen molar-refractivity contribution < 1.29 is 9.13 Å². The van der Waals surface area contributed by atoms with Crippen LogP contribution < -0.4 is 16.0 Å². The quantitative estimate of drug-likeness (QED) is 0.709. The van der Waals surface area contributed by atoms with E-state index in [-0.39, 0.29) is 22.7 Å². The number of nitrogen functional groups attached to an aromatic ring is 1. The van der Waals surface area contributed by atoms with Gasteiger partial charge in [0.1, 0.15) is 0 Å². The van der Waals surface area contributed by atoms with Crippen molar-refractivity contribution in [3.63, 3.8) is 0 Å². The minimum absolute atomic E-state index is 0.0749. The highest BCUT2D eigenvalue weighted by Crippen LogP contribution is 2.32. The first-order chi connectivity index (χ1) is 10.1. The number of halogens is 1. The first-order valence-corrected chi connectivity index (χ1v) is 6.26. The summed E-state index contributed by atoms with van der Waals surface area (Å²) in [5, 5.41) is 0.354. The minimum atomic E-state index is -0.448. The van der Waals surface area contributed by atoms with Gasteiger partial charge >= 0.3 is 0 Å². The van der Waals surface area contributed by atoms with Crippen LogP contribution in [0, 0.1) is 12.7 Å². The summed E-state index contributed by atoms with van der Waals surface area (Å²) in [5.41, 5.74) is 6.71. The number of aryl methyl sites for hydroxylation is 1. The zero-order chi connectivity index (χ0) is 15.0. The topological polar surface area (TPSA) is 81.0 Å². The van der Waals surface area contributed by atoms with Crippen molar-refractivity contribution in [2.24, 2.45) is 0 Å². The van der Waals surface area contributed by atoms with Gasteiger partial charge in [-0.25, -0.2) is 9.37 Å². The van der Waals surface area contributed by atoms with Gasteiger partial charge in [0.05, 0.1) is 22.9 Å². The molecule has 0 saturated carbocycles. The third-order valence-corrected chi connectivity index (χ3v) is 3.15. The van der Waals surface area contributed by atoms with E-state index in [1.807, 2.05) is 0 Å². The molecule has 0 amide bonds. The van der Waals surface area contributed by atoms with Gasteiger partial charge < -0.3 is 15.5 Å². The molecule has 6 heteroatoms. The third kappa shape index (κ3) is 2.31. The van der Waals surface area contributed by atoms with Crippen LogP contribution in [0.3, 0.4) is 0 Å². The van der Waals surface area contributed by atoms with Crippen LogP contribution in [0.25, 0.3) is 10.9 Å². The van der Waals surface area contributed by atoms with Gasteiger partial charge in [0.15, 0.2) is 17.3 Å². The highest BCUT2D eigenvalue weighted by atomic mass is 19.1. The summed E-state index contributed by atoms with van der Waals surface area (Å²) in [5.74, 6) is -0.119. The fourth-order valence-corrected chi connectivity index (χ4v) is 2.02. The molecule has 0 saturated heterocycles. The standard InChI is InChI=1S/C15H12FN3O2/c1-8-3-2-4-12(14(8)16)21-13-6-11-9(5-10(13)17)15(20)19-7-18-11/h2-7H,17H2,1H3,(H,18,19,20). The number of benzene rings is 2. The lowest BCUT2D eigenvalue weighted by atomic mass is 10.2. The van der Waals surface area contributed by atoms with Crippen molar-refractivity contribution in [3.8, 4) is 11.5 Å². The summed E-state index contributed by atoms with van der Waals surface area (Å²) in [4.78, 5) is 18.2. The van der Waals surface area contributed by atoms with Crippen molar-refractivity contribution >= 4 is 16.6 Å². The number of nitrogens with zero attached hydrogens (tertiary/aromatic N) is 1. The molecular formula is C15H12FN3O2. The maximum absolute atomic E-state index is 14.0. The van der Waals surface area contributed by atoms with Gasteiger partial charge in [-0.05, 0) is 24.6 Å². The average molecular weight is 285 g/mol. The number of hydrogen-bond donors (Lipinski definition) is 2. The number of nitrogens with two attached hydrogens (primary N) is 1. The zero-order valence-corrected chi connectivity index (χ0v) is 11.2. The molecule has 0 unspecified atom stereocenters. The van der Waals surface area contributed by atoms with E-state index >= 15 is 0 Å². The summed E-state index contributed by atoms with van der Waals surface area (Å²) in [6.45, 7) is 1.65. The molecule has 0 aliphatic rings. The van der Waals surface area contributed by atoms with Crippen LogP contribution in [0.15, 0.2) is 41.5 Å². The van der Waals surface area contributed by atoms with E-state index in [2.05, 4.69) is 9.97 Å². The summed E-state index contributed by atoms with van der Waals surface area (Å²) >= 11 is 0. The van der Waals surface area contributed by atoms with Crippen LogP contribution >= 0.6 is 0 Å². The second-order valence-corrected chi connectivity index (χ2v) is 4.63. The molecule has 0 radical (unpaired) electrons. The summed E-state index contributed by atoms with van der Waals surface area (Å²) in [6.07, 6.45) is 1.29. The smallest absolute Gasteiger partial charge is 0.258 e. The van der Waals surface area contributed by atoms with Crippen LogP contribution in [0.2, 0.25) is 0 Å². The highest BCUT2D eigenvalue weighted by Gasteiger charge is 2.11. The fraction of sp³-hybridized carbons (Fsp3) is 0.0667. The molecule has 2 aromatic carbocycles. The maximum atomic E-state index is 14.0. The predicted molar refractivity (Wildman–Crippen MR) is 78.0 cm³/mol. The van der Waals surface area contributed by atoms with Crippen molar-refractivity contribution in [1.82, 2.24) is 9.97 Å². The Bertz CT molecular complexity index is 890. The molecule has 0 fully saturated rings. The Morgan fingerprint density at radius 1 is 1.29 bits per heavy atom. The van der Waals surface area contributed by atoms with Crippen molar-refractivity contribution in [1.29, 1.82) is 0 Å². The first-order valence-electron chi connectivity index (χ1n) is 6.26. The van der Waals surface area contributed by atoms with Crippen molar-refractivity contribution in [3.05, 3.63) is 58.4 Å². The first kappa shape index (κ1) is 13.1. The number of aromatic amines is 1. The number of ether oxygens (including phenoxy) is 1. The van der Waals surface area contributed by atoms with Crippen molar-refractivity contribution in [2.75, 3.05) is 5.73 Å². The normalized spacial score (nSPS) is 10.8. The number of H-pyrrole nitrogens is 1. The van der Waals surface area contributed by atoms with Crippen molar-refractivity contribution in [2.45, 2.75) is 6.92 Å². The Hall–Kier alpha value is -2.89. The highest BCUT2D eigenvalue weighted by molar-refractivity contribution is 5.84. The molecule has 1 heterocycles. The minimum Gasteiger partial charge on any atom is -0.452 e. The number of rotatable bonds is 2. The third-order valence-electron chi connectivity index (χ3n) is 3.15. The van der Waals surface area contributed by atoms with Crippen LogP contribution in [-0.2, 0) is 0 Å². The van der Waals surface area contributed by atoms with Gasteiger partial charge in [-0.2, -0.15) is 0 Å². The summed E-state index contributed by atoms with van der Waals surface area (Å²) < 4.78 is 19.5. The Morgan fingerprint density at radius 3 is 2.90 bits per heavy atom. The van der Waals surface area contributed by atoms with E-state index in [0.29, 0.717) is 16.5 Å². The lowest BCUT2D eigenvalue weighted by molar-refractivity contribution is 0.442. The molecule has 1 aromatic heterocycles. The number of anilines is 1. The molecule has 0 aliphatic heterocycles. The second-order valence-electron chi connectivity index (χ2n) is 4.63. The van der Waals surface area contributed by atoms with Gasteiger partial charge in [-0.15, -0.1) is 0 Å². The summed E-state index contributed by atoms with van der Waals surface area (Å²) in [7, 11) is 0. The fourth-order valence-electron chi connectivity index (χ4n) is 2.02. The van der Waals surface area contributed by atoms with E-state index in [0.717, 1.165) is 0 Å². The molecule has 0 bridgehead atoms. The SMILES string of the molecule is Cc1cccc(Oc2cc3nc[nH]c(=O)c3cc2N)c1F. The van der Waals surface area contributed by atoms with E-state index in [1.54, 1.807) is 19.1 Å². The molecule has 106 valence electrons. The van der Waals surface area contributed by atoms with Crippen LogP contribution in [0.1, 0.15) is 5.56 Å². The molecule has 3 aromatic rings. The van der Waals surface area contributed by atoms with Gasteiger partial charge in [0.25, 0.3) is 5.56 Å². The van der Waals surface area contributed by atoms with Crippen LogP contribution in [0.5, 0.6) is 11.5 Å². The van der Waals surface area contributed by atoms with E-state index in [9.17, 15) is 9.18 Å². The predicted octanol–water partition coefficient (Wildman–Crippen LogP) is 2.75. The zero-order valence-electron chi connectivity index (χ0n) is 11.2. The Balaban J connectivity index is 2.11. The van der Waals surface area contributed by atoms with Gasteiger partial charge in [-0.1, -0.05) is 12.1 Å². The lowest BCUT2D eigenvalue weighted by Gasteiger charge is -2.11. The monoisotopic (exact) mass is 285 g/mol. The Morgan fingerprint density at radius 2 is 2.10 bits per heavy atom. The molecule has 3 N–H and O–H groups in total. The van der Waals surface area contributed by atoms with Gasteiger partial charge in [0.2, 0.25) is 0 Å². The molecule has 0 aliphatic carbocycles. The summed E-state index contributed by atoms with van der Waals surface area (Å²) in [6, 6.07) is 7.82. The van der Waals surface area contributed by atoms with Crippen LogP contribution in [-0.4, -0.2) is 9.97 Å². The average Bonchev–Trinajstić information content (AvgIpc) is 2.46. The number of aromatic nitrogens is 2. The van der Waals surface area contributed by atoms with E-state index < -0.39 is 5.82 Å².